The normalized spacial score (nSPS) is 12.1. The van der Waals surface area contributed by atoms with Crippen molar-refractivity contribution in [3.8, 4) is 11.3 Å². The van der Waals surface area contributed by atoms with Crippen molar-refractivity contribution in [2.45, 2.75) is 12.6 Å². The second kappa shape index (κ2) is 6.91. The summed E-state index contributed by atoms with van der Waals surface area (Å²) < 4.78 is 11.0. The molecule has 8 heteroatoms. The number of pyridine rings is 1. The highest BCUT2D eigenvalue weighted by atomic mass is 16.5. The molecule has 0 spiro atoms. The van der Waals surface area contributed by atoms with Crippen molar-refractivity contribution >= 4 is 5.97 Å². The van der Waals surface area contributed by atoms with Gasteiger partial charge in [0.1, 0.15) is 5.69 Å². The zero-order chi connectivity index (χ0) is 15.2. The summed E-state index contributed by atoms with van der Waals surface area (Å²) in [6.07, 6.45) is 2.43. The lowest BCUT2D eigenvalue weighted by atomic mass is 10.1. The van der Waals surface area contributed by atoms with Crippen molar-refractivity contribution in [2.75, 3.05) is 20.8 Å². The molecule has 0 aromatic carbocycles. The second-order valence-corrected chi connectivity index (χ2v) is 4.31. The van der Waals surface area contributed by atoms with Gasteiger partial charge in [0.2, 0.25) is 0 Å². The van der Waals surface area contributed by atoms with E-state index in [0.717, 1.165) is 0 Å². The van der Waals surface area contributed by atoms with Gasteiger partial charge in [-0.2, -0.15) is 0 Å². The predicted molar refractivity (Wildman–Crippen MR) is 72.5 cm³/mol. The first kappa shape index (κ1) is 15.1. The molecule has 0 amide bonds. The number of esters is 1. The Morgan fingerprint density at radius 1 is 1.38 bits per heavy atom. The maximum atomic E-state index is 11.8. The van der Waals surface area contributed by atoms with Crippen LogP contribution in [0.4, 0.5) is 0 Å². The number of hydrogen-bond acceptors (Lipinski definition) is 7. The van der Waals surface area contributed by atoms with Gasteiger partial charge in [0, 0.05) is 25.1 Å². The second-order valence-electron chi connectivity index (χ2n) is 4.31. The highest BCUT2D eigenvalue weighted by Crippen LogP contribution is 2.22. The number of carbonyl (C=O) groups excluding carboxylic acids is 1. The smallest absolute Gasteiger partial charge is 0.360 e. The molecule has 112 valence electrons. The summed E-state index contributed by atoms with van der Waals surface area (Å²) in [7, 11) is 2.77. The summed E-state index contributed by atoms with van der Waals surface area (Å²) in [6, 6.07) is 3.45. The predicted octanol–water partition coefficient (Wildman–Crippen LogP) is 0.134. The van der Waals surface area contributed by atoms with Gasteiger partial charge < -0.3 is 14.6 Å². The number of ether oxygens (including phenoxy) is 2. The topological polar surface area (TPSA) is 99.4 Å². The van der Waals surface area contributed by atoms with Crippen LogP contribution in [-0.4, -0.2) is 58.0 Å². The summed E-state index contributed by atoms with van der Waals surface area (Å²) in [5.41, 5.74) is 1.27. The van der Waals surface area contributed by atoms with Crippen LogP contribution in [-0.2, 0) is 16.0 Å². The fraction of sp³-hybridized carbons (Fsp3) is 0.385. The lowest BCUT2D eigenvalue weighted by Gasteiger charge is -2.12. The number of hydrogen-bond donors (Lipinski definition) is 1. The molecule has 0 aliphatic carbocycles. The summed E-state index contributed by atoms with van der Waals surface area (Å²) in [4.78, 5) is 15.7. The Morgan fingerprint density at radius 2 is 2.10 bits per heavy atom. The summed E-state index contributed by atoms with van der Waals surface area (Å²) in [6.45, 7) is 0.304. The molecule has 0 radical (unpaired) electrons. The maximum Gasteiger partial charge on any atom is 0.360 e. The summed E-state index contributed by atoms with van der Waals surface area (Å²) in [5.74, 6) is -0.589. The minimum Gasteiger partial charge on any atom is -0.464 e. The van der Waals surface area contributed by atoms with Crippen molar-refractivity contribution in [2.24, 2.45) is 0 Å². The molecule has 2 aromatic rings. The van der Waals surface area contributed by atoms with Crippen molar-refractivity contribution < 1.29 is 19.4 Å². The third-order valence-corrected chi connectivity index (χ3v) is 2.81. The average Bonchev–Trinajstić information content (AvgIpc) is 2.91. The fourth-order valence-electron chi connectivity index (χ4n) is 1.92. The van der Waals surface area contributed by atoms with E-state index in [4.69, 9.17) is 9.47 Å². The van der Waals surface area contributed by atoms with E-state index in [9.17, 15) is 9.90 Å². The third kappa shape index (κ3) is 3.41. The SMILES string of the molecule is COCC(O)Cn1nnc(C(=O)OC)c1-c1ccncc1. The Labute approximate surface area is 121 Å². The van der Waals surface area contributed by atoms with Crippen LogP contribution in [0.5, 0.6) is 0 Å². The van der Waals surface area contributed by atoms with E-state index < -0.39 is 12.1 Å². The van der Waals surface area contributed by atoms with Gasteiger partial charge in [0.05, 0.1) is 26.4 Å². The fourth-order valence-corrected chi connectivity index (χ4v) is 1.92. The molecule has 0 aliphatic rings. The maximum absolute atomic E-state index is 11.8. The van der Waals surface area contributed by atoms with Crippen molar-refractivity contribution in [3.05, 3.63) is 30.2 Å². The molecule has 1 unspecified atom stereocenters. The zero-order valence-corrected chi connectivity index (χ0v) is 11.8. The first-order valence-corrected chi connectivity index (χ1v) is 6.26. The molecule has 2 heterocycles. The monoisotopic (exact) mass is 292 g/mol. The lowest BCUT2D eigenvalue weighted by molar-refractivity contribution is 0.0513. The van der Waals surface area contributed by atoms with E-state index in [2.05, 4.69) is 15.3 Å². The van der Waals surface area contributed by atoms with Gasteiger partial charge in [0.25, 0.3) is 0 Å². The number of aliphatic hydroxyl groups is 1. The van der Waals surface area contributed by atoms with Crippen LogP contribution in [0.1, 0.15) is 10.5 Å². The Kier molecular flexibility index (Phi) is 4.96. The van der Waals surface area contributed by atoms with Gasteiger partial charge in [-0.1, -0.05) is 5.21 Å². The van der Waals surface area contributed by atoms with Crippen LogP contribution in [0.3, 0.4) is 0 Å². The Morgan fingerprint density at radius 3 is 2.71 bits per heavy atom. The minimum absolute atomic E-state index is 0.0910. The van der Waals surface area contributed by atoms with E-state index >= 15 is 0 Å². The number of aliphatic hydroxyl groups excluding tert-OH is 1. The molecule has 0 fully saturated rings. The molecule has 0 bridgehead atoms. The van der Waals surface area contributed by atoms with E-state index in [1.165, 1.54) is 18.9 Å². The Bertz CT molecular complexity index is 599. The molecular weight excluding hydrogens is 276 g/mol. The first-order valence-electron chi connectivity index (χ1n) is 6.26. The highest BCUT2D eigenvalue weighted by Gasteiger charge is 2.22. The van der Waals surface area contributed by atoms with E-state index in [1.807, 2.05) is 0 Å². The van der Waals surface area contributed by atoms with Gasteiger partial charge in [-0.25, -0.2) is 9.48 Å². The zero-order valence-electron chi connectivity index (χ0n) is 11.8. The van der Waals surface area contributed by atoms with Crippen LogP contribution in [0.25, 0.3) is 11.3 Å². The molecule has 2 rings (SSSR count). The summed E-state index contributed by atoms with van der Waals surface area (Å²) >= 11 is 0. The number of methoxy groups -OCH3 is 2. The average molecular weight is 292 g/mol. The number of carbonyl (C=O) groups is 1. The van der Waals surface area contributed by atoms with Crippen LogP contribution < -0.4 is 0 Å². The molecule has 2 aromatic heterocycles. The molecule has 1 atom stereocenters. The molecular formula is C13H16N4O4. The van der Waals surface area contributed by atoms with Crippen LogP contribution >= 0.6 is 0 Å². The molecule has 0 saturated heterocycles. The summed E-state index contributed by atoms with van der Waals surface area (Å²) in [5, 5.41) is 17.6. The van der Waals surface area contributed by atoms with Crippen molar-refractivity contribution in [1.29, 1.82) is 0 Å². The Hall–Kier alpha value is -2.32. The lowest BCUT2D eigenvalue weighted by Crippen LogP contribution is -2.22. The molecule has 21 heavy (non-hydrogen) atoms. The number of aromatic nitrogens is 4. The number of rotatable bonds is 6. The van der Waals surface area contributed by atoms with E-state index in [0.29, 0.717) is 11.3 Å². The van der Waals surface area contributed by atoms with Gasteiger partial charge in [0.15, 0.2) is 5.69 Å². The quantitative estimate of drug-likeness (QED) is 0.755. The molecule has 1 N–H and O–H groups in total. The van der Waals surface area contributed by atoms with Crippen molar-refractivity contribution in [1.82, 2.24) is 20.0 Å². The van der Waals surface area contributed by atoms with Crippen LogP contribution in [0, 0.1) is 0 Å². The molecule has 8 nitrogen and oxygen atoms in total. The molecule has 0 aliphatic heterocycles. The Balaban J connectivity index is 2.42. The van der Waals surface area contributed by atoms with Gasteiger partial charge in [-0.05, 0) is 12.1 Å². The van der Waals surface area contributed by atoms with E-state index in [1.54, 1.807) is 24.5 Å². The largest absolute Gasteiger partial charge is 0.464 e. The number of nitrogens with zero attached hydrogens (tertiary/aromatic N) is 4. The standard InChI is InChI=1S/C13H16N4O4/c1-20-8-10(18)7-17-12(9-3-5-14-6-4-9)11(15-16-17)13(19)21-2/h3-6,10,18H,7-8H2,1-2H3. The van der Waals surface area contributed by atoms with E-state index in [-0.39, 0.29) is 18.8 Å². The van der Waals surface area contributed by atoms with Crippen molar-refractivity contribution in [3.63, 3.8) is 0 Å². The molecule has 0 saturated carbocycles. The third-order valence-electron chi connectivity index (χ3n) is 2.81. The first-order chi connectivity index (χ1) is 10.2. The minimum atomic E-state index is -0.761. The van der Waals surface area contributed by atoms with Gasteiger partial charge in [-0.3, -0.25) is 4.98 Å². The van der Waals surface area contributed by atoms with Gasteiger partial charge >= 0.3 is 5.97 Å². The highest BCUT2D eigenvalue weighted by molar-refractivity contribution is 5.93. The van der Waals surface area contributed by atoms with Crippen LogP contribution in [0.2, 0.25) is 0 Å². The van der Waals surface area contributed by atoms with Gasteiger partial charge in [-0.15, -0.1) is 5.10 Å². The van der Waals surface area contributed by atoms with Crippen LogP contribution in [0.15, 0.2) is 24.5 Å².